The third-order valence-electron chi connectivity index (χ3n) is 3.81. The van der Waals surface area contributed by atoms with Crippen molar-refractivity contribution < 1.29 is 18.3 Å². The molecule has 0 bridgehead atoms. The van der Waals surface area contributed by atoms with Crippen molar-refractivity contribution >= 4 is 16.9 Å². The smallest absolute Gasteiger partial charge is 0.381 e. The summed E-state index contributed by atoms with van der Waals surface area (Å²) in [4.78, 5) is 0. The predicted octanol–water partition coefficient (Wildman–Crippen LogP) is 4.20. The Hall–Kier alpha value is 0.184. The summed E-state index contributed by atoms with van der Waals surface area (Å²) in [5.41, 5.74) is -1.23. The van der Waals surface area contributed by atoms with Crippen molar-refractivity contribution in [1.82, 2.24) is 0 Å². The summed E-state index contributed by atoms with van der Waals surface area (Å²) in [6, 6.07) is 2.03. The fourth-order valence-electron chi connectivity index (χ4n) is 2.41. The normalized spacial score (nSPS) is 19.7. The van der Waals surface area contributed by atoms with Crippen molar-refractivity contribution in [2.24, 2.45) is 0 Å². The van der Waals surface area contributed by atoms with Crippen LogP contribution < -0.4 is 0 Å². The van der Waals surface area contributed by atoms with Gasteiger partial charge in [0, 0.05) is 16.9 Å². The van der Waals surface area contributed by atoms with Gasteiger partial charge in [-0.3, -0.25) is 0 Å². The Kier molecular flexibility index (Phi) is 6.63. The van der Waals surface area contributed by atoms with Gasteiger partial charge >= 0.3 is 6.18 Å². The van der Waals surface area contributed by atoms with Crippen LogP contribution >= 0.6 is 0 Å². The third-order valence-corrected chi connectivity index (χ3v) is 14.3. The topological polar surface area (TPSA) is 20.2 Å². The molecule has 0 saturated carbocycles. The van der Waals surface area contributed by atoms with Crippen molar-refractivity contribution in [3.05, 3.63) is 0 Å². The Morgan fingerprint density at radius 1 is 1.22 bits per heavy atom. The van der Waals surface area contributed by atoms with E-state index in [1.165, 1.54) is 5.67 Å². The van der Waals surface area contributed by atoms with E-state index in [9.17, 15) is 18.3 Å². The summed E-state index contributed by atoms with van der Waals surface area (Å²) in [5, 5.41) is 9.40. The first-order valence-electron chi connectivity index (χ1n) is 6.72. The van der Waals surface area contributed by atoms with Gasteiger partial charge in [0.1, 0.15) is 0 Å². The molecule has 0 radical (unpaired) electrons. The zero-order valence-corrected chi connectivity index (χ0v) is 14.3. The van der Waals surface area contributed by atoms with Crippen molar-refractivity contribution in [2.45, 2.75) is 75.9 Å². The SMILES string of the molecule is CC[Si](C)(CCCC(C)(O)C(F)(F)F)C[SiH](C)C. The largest absolute Gasteiger partial charge is 0.416 e. The van der Waals surface area contributed by atoms with Crippen molar-refractivity contribution in [3.63, 3.8) is 0 Å². The van der Waals surface area contributed by atoms with Gasteiger partial charge in [0.05, 0.1) is 0 Å². The minimum atomic E-state index is -4.51. The van der Waals surface area contributed by atoms with E-state index in [0.29, 0.717) is 6.42 Å². The molecule has 1 N–H and O–H groups in total. The molecule has 0 fully saturated rings. The highest BCUT2D eigenvalue weighted by Crippen LogP contribution is 2.35. The van der Waals surface area contributed by atoms with Gasteiger partial charge in [0.2, 0.25) is 0 Å². The summed E-state index contributed by atoms with van der Waals surface area (Å²) in [6.07, 6.45) is -4.19. The molecule has 0 saturated heterocycles. The van der Waals surface area contributed by atoms with Crippen LogP contribution in [0.4, 0.5) is 13.2 Å². The quantitative estimate of drug-likeness (QED) is 0.699. The second-order valence-electron chi connectivity index (χ2n) is 6.39. The van der Waals surface area contributed by atoms with Crippen LogP contribution in [0.1, 0.15) is 26.7 Å². The van der Waals surface area contributed by atoms with E-state index in [-0.39, 0.29) is 6.42 Å². The lowest BCUT2D eigenvalue weighted by molar-refractivity contribution is -0.255. The first kappa shape index (κ1) is 18.2. The van der Waals surface area contributed by atoms with E-state index in [0.717, 1.165) is 19.0 Å². The highest BCUT2D eigenvalue weighted by Gasteiger charge is 2.49. The molecule has 18 heavy (non-hydrogen) atoms. The van der Waals surface area contributed by atoms with Crippen molar-refractivity contribution in [3.8, 4) is 0 Å². The summed E-state index contributed by atoms with van der Waals surface area (Å²) in [7, 11) is -2.02. The molecule has 110 valence electrons. The highest BCUT2D eigenvalue weighted by molar-refractivity contribution is 6.88. The van der Waals surface area contributed by atoms with Crippen LogP contribution in [0.3, 0.4) is 0 Å². The van der Waals surface area contributed by atoms with E-state index in [1.807, 2.05) is 0 Å². The number of alkyl halides is 3. The zero-order chi connectivity index (χ0) is 14.6. The molecule has 2 atom stereocenters. The molecule has 0 spiro atoms. The lowest BCUT2D eigenvalue weighted by Crippen LogP contribution is -2.42. The maximum Gasteiger partial charge on any atom is 0.416 e. The first-order chi connectivity index (χ1) is 7.93. The minimum absolute atomic E-state index is 0.168. The van der Waals surface area contributed by atoms with Crippen LogP contribution in [0.2, 0.25) is 37.4 Å². The molecule has 0 aromatic heterocycles. The molecule has 0 amide bonds. The average Bonchev–Trinajstić information content (AvgIpc) is 2.14. The maximum atomic E-state index is 12.5. The van der Waals surface area contributed by atoms with Gasteiger partial charge in [0.15, 0.2) is 5.60 Å². The molecular weight excluding hydrogens is 273 g/mol. The monoisotopic (exact) mass is 300 g/mol. The summed E-state index contributed by atoms with van der Waals surface area (Å²) >= 11 is 0. The maximum absolute atomic E-state index is 12.5. The van der Waals surface area contributed by atoms with Gasteiger partial charge in [-0.1, -0.05) is 50.7 Å². The Balaban J connectivity index is 4.32. The number of rotatable bonds is 7. The van der Waals surface area contributed by atoms with Gasteiger partial charge < -0.3 is 5.11 Å². The summed E-state index contributed by atoms with van der Waals surface area (Å²) in [6.45, 7) is 9.93. The molecule has 0 aromatic rings. The zero-order valence-electron chi connectivity index (χ0n) is 12.2. The third kappa shape index (κ3) is 5.88. The molecule has 0 aliphatic rings. The van der Waals surface area contributed by atoms with Crippen LogP contribution in [-0.2, 0) is 0 Å². The van der Waals surface area contributed by atoms with E-state index in [1.54, 1.807) is 0 Å². The first-order valence-corrected chi connectivity index (χ1v) is 13.0. The van der Waals surface area contributed by atoms with Crippen LogP contribution in [0, 0.1) is 0 Å². The van der Waals surface area contributed by atoms with E-state index in [4.69, 9.17) is 0 Å². The second kappa shape index (κ2) is 6.56. The highest BCUT2D eigenvalue weighted by atomic mass is 28.4. The van der Waals surface area contributed by atoms with E-state index < -0.39 is 28.6 Å². The van der Waals surface area contributed by atoms with Crippen LogP contribution in [0.5, 0.6) is 0 Å². The molecule has 1 nitrogen and oxygen atoms in total. The fraction of sp³-hybridized carbons (Fsp3) is 1.00. The standard InChI is InChI=1S/C12H27F3OSi2/c1-6-18(5,10-17(3)4)9-7-8-11(2,16)12(13,14)15/h16-17H,6-10H2,1-5H3. The molecular formula is C12H27F3OSi2. The summed E-state index contributed by atoms with van der Waals surface area (Å²) < 4.78 is 37.5. The Morgan fingerprint density at radius 3 is 2.06 bits per heavy atom. The molecule has 0 aliphatic heterocycles. The Labute approximate surface area is 111 Å². The van der Waals surface area contributed by atoms with Gasteiger partial charge in [0.25, 0.3) is 0 Å². The summed E-state index contributed by atoms with van der Waals surface area (Å²) in [5.74, 6) is 0. The number of hydrogen-bond acceptors (Lipinski definition) is 1. The molecule has 0 rings (SSSR count). The molecule has 0 heterocycles. The molecule has 2 unspecified atom stereocenters. The fourth-order valence-corrected chi connectivity index (χ4v) is 13.6. The minimum Gasteiger partial charge on any atom is -0.381 e. The lowest BCUT2D eigenvalue weighted by Gasteiger charge is -2.30. The van der Waals surface area contributed by atoms with E-state index >= 15 is 0 Å². The average molecular weight is 301 g/mol. The second-order valence-corrected chi connectivity index (χ2v) is 15.6. The molecule has 0 aromatic carbocycles. The predicted molar refractivity (Wildman–Crippen MR) is 76.5 cm³/mol. The van der Waals surface area contributed by atoms with Gasteiger partial charge in [-0.25, -0.2) is 0 Å². The van der Waals surface area contributed by atoms with Crippen LogP contribution in [0.15, 0.2) is 0 Å². The Morgan fingerprint density at radius 2 is 1.72 bits per heavy atom. The molecule has 0 aliphatic carbocycles. The number of hydrogen-bond donors (Lipinski definition) is 1. The van der Waals surface area contributed by atoms with Crippen molar-refractivity contribution in [1.29, 1.82) is 0 Å². The number of aliphatic hydroxyl groups is 1. The van der Waals surface area contributed by atoms with Crippen LogP contribution in [-0.4, -0.2) is 33.8 Å². The van der Waals surface area contributed by atoms with Crippen LogP contribution in [0.25, 0.3) is 0 Å². The molecule has 6 heteroatoms. The lowest BCUT2D eigenvalue weighted by atomic mass is 10.0. The number of halogens is 3. The van der Waals surface area contributed by atoms with Crippen molar-refractivity contribution in [2.75, 3.05) is 0 Å². The van der Waals surface area contributed by atoms with Gasteiger partial charge in [-0.05, 0) is 13.3 Å². The van der Waals surface area contributed by atoms with E-state index in [2.05, 4.69) is 26.6 Å². The van der Waals surface area contributed by atoms with Gasteiger partial charge in [-0.15, -0.1) is 0 Å². The van der Waals surface area contributed by atoms with Gasteiger partial charge in [-0.2, -0.15) is 13.2 Å². The Bertz CT molecular complexity index is 254.